The number of halogens is 3. The molecule has 0 atom stereocenters. The zero-order valence-corrected chi connectivity index (χ0v) is 22.6. The smallest absolute Gasteiger partial charge is 0.229 e. The molecule has 0 aliphatic rings. The molecule has 0 aliphatic carbocycles. The molecule has 0 radical (unpaired) electrons. The van der Waals surface area contributed by atoms with E-state index in [9.17, 15) is 17.2 Å². The summed E-state index contributed by atoms with van der Waals surface area (Å²) in [6.07, 6.45) is 1.38. The predicted molar refractivity (Wildman–Crippen MR) is 145 cm³/mol. The molecule has 0 aliphatic heterocycles. The quantitative estimate of drug-likeness (QED) is 0.239. The van der Waals surface area contributed by atoms with Gasteiger partial charge in [-0.05, 0) is 68.3 Å². The van der Waals surface area contributed by atoms with Crippen LogP contribution in [0.2, 0.25) is 5.02 Å². The number of ether oxygens (including phenoxy) is 1. The first-order chi connectivity index (χ1) is 18.0. The highest BCUT2D eigenvalue weighted by Gasteiger charge is 2.23. The normalized spacial score (nSPS) is 11.5. The lowest BCUT2D eigenvalue weighted by Gasteiger charge is -2.17. The number of aromatic nitrogens is 2. The van der Waals surface area contributed by atoms with Crippen LogP contribution in [-0.2, 0) is 9.84 Å². The van der Waals surface area contributed by atoms with Crippen LogP contribution in [0, 0.1) is 18.6 Å². The highest BCUT2D eigenvalue weighted by atomic mass is 35.5. The molecule has 198 valence electrons. The number of anilines is 4. The van der Waals surface area contributed by atoms with E-state index in [4.69, 9.17) is 16.3 Å². The summed E-state index contributed by atoms with van der Waals surface area (Å²) in [4.78, 5) is 8.76. The standard InChI is InChI=1S/C27H25ClF2N4O3S/c1-15(2)38(35,36)25-8-6-5-7-22(25)32-26-20(28)14-31-27(34-26)33-23-11-16(3)19(13-24(23)37-4)18-10-9-17(29)12-21(18)30/h5-15H,1-4H3,(H2,31,32,33,34). The first-order valence-electron chi connectivity index (χ1n) is 11.5. The Kier molecular flexibility index (Phi) is 7.84. The number of sulfone groups is 1. The van der Waals surface area contributed by atoms with Crippen LogP contribution in [-0.4, -0.2) is 30.7 Å². The number of hydrogen-bond donors (Lipinski definition) is 2. The molecule has 4 aromatic rings. The maximum atomic E-state index is 14.4. The van der Waals surface area contributed by atoms with E-state index >= 15 is 0 Å². The summed E-state index contributed by atoms with van der Waals surface area (Å²) in [7, 11) is -2.11. The van der Waals surface area contributed by atoms with Crippen molar-refractivity contribution in [3.63, 3.8) is 0 Å². The molecule has 0 spiro atoms. The van der Waals surface area contributed by atoms with Crippen LogP contribution in [0.1, 0.15) is 19.4 Å². The van der Waals surface area contributed by atoms with Crippen LogP contribution in [0.25, 0.3) is 11.1 Å². The van der Waals surface area contributed by atoms with Gasteiger partial charge in [0.2, 0.25) is 5.95 Å². The van der Waals surface area contributed by atoms with Crippen molar-refractivity contribution in [3.8, 4) is 16.9 Å². The number of hydrogen-bond acceptors (Lipinski definition) is 7. The molecule has 0 fully saturated rings. The van der Waals surface area contributed by atoms with Crippen LogP contribution < -0.4 is 15.4 Å². The third-order valence-electron chi connectivity index (χ3n) is 5.83. The second kappa shape index (κ2) is 10.9. The Balaban J connectivity index is 1.68. The average molecular weight is 559 g/mol. The lowest BCUT2D eigenvalue weighted by atomic mass is 9.98. The first kappa shape index (κ1) is 27.3. The van der Waals surface area contributed by atoms with Crippen molar-refractivity contribution in [2.75, 3.05) is 17.7 Å². The van der Waals surface area contributed by atoms with Crippen LogP contribution in [0.3, 0.4) is 0 Å². The van der Waals surface area contributed by atoms with E-state index in [0.717, 1.165) is 6.07 Å². The van der Waals surface area contributed by atoms with Crippen molar-refractivity contribution in [2.24, 2.45) is 0 Å². The molecular formula is C27H25ClF2N4O3S. The number of para-hydroxylation sites is 1. The summed E-state index contributed by atoms with van der Waals surface area (Å²) in [6, 6.07) is 13.2. The Labute approximate surface area is 224 Å². The summed E-state index contributed by atoms with van der Waals surface area (Å²) >= 11 is 6.32. The second-order valence-electron chi connectivity index (χ2n) is 8.72. The second-order valence-corrected chi connectivity index (χ2v) is 11.6. The molecule has 2 N–H and O–H groups in total. The highest BCUT2D eigenvalue weighted by molar-refractivity contribution is 7.92. The van der Waals surface area contributed by atoms with E-state index in [1.807, 2.05) is 0 Å². The zero-order chi connectivity index (χ0) is 27.6. The fraction of sp³-hybridized carbons (Fsp3) is 0.185. The van der Waals surface area contributed by atoms with Gasteiger partial charge in [-0.3, -0.25) is 0 Å². The number of rotatable bonds is 8. The third kappa shape index (κ3) is 5.56. The van der Waals surface area contributed by atoms with Gasteiger partial charge < -0.3 is 15.4 Å². The minimum atomic E-state index is -3.57. The van der Waals surface area contributed by atoms with Gasteiger partial charge in [0.25, 0.3) is 0 Å². The van der Waals surface area contributed by atoms with Gasteiger partial charge >= 0.3 is 0 Å². The molecule has 1 aromatic heterocycles. The number of methoxy groups -OCH3 is 1. The van der Waals surface area contributed by atoms with Gasteiger partial charge in [0.1, 0.15) is 22.4 Å². The van der Waals surface area contributed by atoms with E-state index in [1.165, 1.54) is 31.5 Å². The fourth-order valence-electron chi connectivity index (χ4n) is 3.79. The number of nitrogens with one attached hydrogen (secondary N) is 2. The van der Waals surface area contributed by atoms with Gasteiger partial charge in [-0.1, -0.05) is 23.7 Å². The molecule has 1 heterocycles. The molecule has 0 saturated carbocycles. The van der Waals surface area contributed by atoms with Gasteiger partial charge in [0.15, 0.2) is 15.7 Å². The van der Waals surface area contributed by atoms with Crippen molar-refractivity contribution < 1.29 is 21.9 Å². The summed E-state index contributed by atoms with van der Waals surface area (Å²) in [6.45, 7) is 5.00. The number of aryl methyl sites for hydroxylation is 1. The monoisotopic (exact) mass is 558 g/mol. The largest absolute Gasteiger partial charge is 0.495 e. The molecule has 0 unspecified atom stereocenters. The average Bonchev–Trinajstić information content (AvgIpc) is 2.87. The molecule has 3 aromatic carbocycles. The molecular weight excluding hydrogens is 534 g/mol. The Morgan fingerprint density at radius 3 is 2.39 bits per heavy atom. The summed E-state index contributed by atoms with van der Waals surface area (Å²) < 4.78 is 59.0. The van der Waals surface area contributed by atoms with Crippen LogP contribution >= 0.6 is 11.6 Å². The maximum absolute atomic E-state index is 14.4. The zero-order valence-electron chi connectivity index (χ0n) is 21.0. The van der Waals surface area contributed by atoms with E-state index in [0.29, 0.717) is 28.3 Å². The van der Waals surface area contributed by atoms with Gasteiger partial charge in [0, 0.05) is 11.6 Å². The molecule has 7 nitrogen and oxygen atoms in total. The lowest BCUT2D eigenvalue weighted by molar-refractivity contribution is 0.417. The van der Waals surface area contributed by atoms with E-state index in [2.05, 4.69) is 20.6 Å². The topological polar surface area (TPSA) is 93.2 Å². The number of benzene rings is 3. The van der Waals surface area contributed by atoms with Crippen molar-refractivity contribution in [2.45, 2.75) is 30.9 Å². The van der Waals surface area contributed by atoms with Gasteiger partial charge in [-0.15, -0.1) is 0 Å². The first-order valence-corrected chi connectivity index (χ1v) is 13.5. The molecule has 0 amide bonds. The van der Waals surface area contributed by atoms with E-state index < -0.39 is 26.7 Å². The predicted octanol–water partition coefficient (Wildman–Crippen LogP) is 7.06. The van der Waals surface area contributed by atoms with Crippen molar-refractivity contribution >= 4 is 44.6 Å². The Morgan fingerprint density at radius 2 is 1.71 bits per heavy atom. The highest BCUT2D eigenvalue weighted by Crippen LogP contribution is 2.37. The van der Waals surface area contributed by atoms with E-state index in [-0.39, 0.29) is 27.2 Å². The Hall–Kier alpha value is -3.76. The van der Waals surface area contributed by atoms with Crippen molar-refractivity contribution in [1.29, 1.82) is 0 Å². The summed E-state index contributed by atoms with van der Waals surface area (Å²) in [5.74, 6) is -0.637. The van der Waals surface area contributed by atoms with Gasteiger partial charge in [-0.25, -0.2) is 22.2 Å². The summed E-state index contributed by atoms with van der Waals surface area (Å²) in [5, 5.41) is 5.63. The lowest BCUT2D eigenvalue weighted by Crippen LogP contribution is -2.15. The molecule has 0 saturated heterocycles. The maximum Gasteiger partial charge on any atom is 0.229 e. The SMILES string of the molecule is COc1cc(-c2ccc(F)cc2F)c(C)cc1Nc1ncc(Cl)c(Nc2ccccc2S(=O)(=O)C(C)C)n1. The Morgan fingerprint density at radius 1 is 0.974 bits per heavy atom. The van der Waals surface area contributed by atoms with Gasteiger partial charge in [0.05, 0.1) is 34.8 Å². The molecule has 4 rings (SSSR count). The molecule has 11 heteroatoms. The van der Waals surface area contributed by atoms with Crippen LogP contribution in [0.15, 0.2) is 65.7 Å². The van der Waals surface area contributed by atoms with Crippen molar-refractivity contribution in [1.82, 2.24) is 9.97 Å². The molecule has 38 heavy (non-hydrogen) atoms. The number of nitrogens with zero attached hydrogens (tertiary/aromatic N) is 2. The third-order valence-corrected chi connectivity index (χ3v) is 8.31. The van der Waals surface area contributed by atoms with Crippen molar-refractivity contribution in [3.05, 3.63) is 83.0 Å². The van der Waals surface area contributed by atoms with E-state index in [1.54, 1.807) is 51.1 Å². The molecule has 0 bridgehead atoms. The van der Waals surface area contributed by atoms with Crippen LogP contribution in [0.5, 0.6) is 5.75 Å². The minimum Gasteiger partial charge on any atom is -0.495 e. The van der Waals surface area contributed by atoms with Gasteiger partial charge in [-0.2, -0.15) is 4.98 Å². The summed E-state index contributed by atoms with van der Waals surface area (Å²) in [5.41, 5.74) is 2.28. The van der Waals surface area contributed by atoms with Crippen LogP contribution in [0.4, 0.5) is 31.9 Å². The Bertz CT molecular complexity index is 1610. The minimum absolute atomic E-state index is 0.125. The fourth-order valence-corrected chi connectivity index (χ4v) is 5.13.